The highest BCUT2D eigenvalue weighted by Gasteiger charge is 2.13. The van der Waals surface area contributed by atoms with E-state index in [1.807, 2.05) is 36.4 Å². The third kappa shape index (κ3) is 6.67. The first-order chi connectivity index (χ1) is 19.6. The van der Waals surface area contributed by atoms with Crippen LogP contribution in [0.3, 0.4) is 0 Å². The molecule has 5 rings (SSSR count). The molecule has 0 saturated carbocycles. The van der Waals surface area contributed by atoms with Crippen molar-refractivity contribution < 1.29 is 14.9 Å². The monoisotopic (exact) mass is 527 g/mol. The Bertz CT molecular complexity index is 1470. The van der Waals surface area contributed by atoms with Crippen LogP contribution in [0, 0.1) is 6.92 Å². The first kappa shape index (κ1) is 26.9. The molecule has 5 aromatic carbocycles. The fourth-order valence-electron chi connectivity index (χ4n) is 4.53. The minimum Gasteiger partial charge on any atom is -0.491 e. The summed E-state index contributed by atoms with van der Waals surface area (Å²) in [4.78, 5) is 2.20. The lowest BCUT2D eigenvalue weighted by molar-refractivity contribution is 0.0536. The fraction of sp³-hybridized carbons (Fsp3) is 0.111. The van der Waals surface area contributed by atoms with E-state index in [1.54, 1.807) is 0 Å². The fourth-order valence-corrected chi connectivity index (χ4v) is 4.53. The molecule has 0 aromatic heterocycles. The average Bonchev–Trinajstić information content (AvgIpc) is 3.02. The third-order valence-electron chi connectivity index (χ3n) is 6.67. The van der Waals surface area contributed by atoms with Crippen molar-refractivity contribution in [2.24, 2.45) is 0 Å². The number of anilines is 3. The van der Waals surface area contributed by atoms with Gasteiger partial charge in [-0.3, -0.25) is 0 Å². The normalized spacial score (nSPS) is 11.5. The third-order valence-corrected chi connectivity index (χ3v) is 6.67. The van der Waals surface area contributed by atoms with Crippen LogP contribution in [0.5, 0.6) is 5.75 Å². The summed E-state index contributed by atoms with van der Waals surface area (Å²) in [5.74, 6) is 0.634. The van der Waals surface area contributed by atoms with Crippen LogP contribution in [-0.4, -0.2) is 29.5 Å². The van der Waals surface area contributed by atoms with Crippen molar-refractivity contribution in [2.75, 3.05) is 18.1 Å². The maximum atomic E-state index is 9.60. The van der Waals surface area contributed by atoms with Crippen molar-refractivity contribution in [3.05, 3.63) is 156 Å². The summed E-state index contributed by atoms with van der Waals surface area (Å²) in [5.41, 5.74) is 8.90. The summed E-state index contributed by atoms with van der Waals surface area (Å²) in [7, 11) is 0. The van der Waals surface area contributed by atoms with E-state index < -0.39 is 6.10 Å². The Balaban J connectivity index is 1.48. The van der Waals surface area contributed by atoms with Crippen LogP contribution in [-0.2, 0) is 0 Å². The van der Waals surface area contributed by atoms with E-state index in [0.717, 1.165) is 22.6 Å². The van der Waals surface area contributed by atoms with Gasteiger partial charge >= 0.3 is 0 Å². The second-order valence-corrected chi connectivity index (χ2v) is 9.69. The smallest absolute Gasteiger partial charge is 0.119 e. The minimum atomic E-state index is -0.902. The van der Waals surface area contributed by atoms with Gasteiger partial charge in [-0.15, -0.1) is 0 Å². The Hall–Kier alpha value is -4.64. The number of aryl methyl sites for hydroxylation is 1. The van der Waals surface area contributed by atoms with Crippen molar-refractivity contribution in [1.29, 1.82) is 0 Å². The molecular weight excluding hydrogens is 494 g/mol. The van der Waals surface area contributed by atoms with Crippen LogP contribution < -0.4 is 9.64 Å². The molecule has 0 saturated heterocycles. The predicted molar refractivity (Wildman–Crippen MR) is 164 cm³/mol. The molecule has 40 heavy (non-hydrogen) atoms. The molecular formula is C36H33NO3. The van der Waals surface area contributed by atoms with Gasteiger partial charge in [-0.05, 0) is 83.8 Å². The Morgan fingerprint density at radius 1 is 0.675 bits per heavy atom. The highest BCUT2D eigenvalue weighted by Crippen LogP contribution is 2.36. The van der Waals surface area contributed by atoms with Crippen molar-refractivity contribution in [3.8, 4) is 5.75 Å². The van der Waals surface area contributed by atoms with E-state index in [9.17, 15) is 5.11 Å². The zero-order chi connectivity index (χ0) is 27.7. The number of hydrogen-bond donors (Lipinski definition) is 2. The lowest BCUT2D eigenvalue weighted by Gasteiger charge is -2.26. The summed E-state index contributed by atoms with van der Waals surface area (Å²) >= 11 is 0. The summed E-state index contributed by atoms with van der Waals surface area (Å²) in [5, 5.41) is 18.6. The number of benzene rings is 5. The van der Waals surface area contributed by atoms with E-state index in [1.165, 1.54) is 22.3 Å². The van der Waals surface area contributed by atoms with E-state index in [-0.39, 0.29) is 13.2 Å². The number of aliphatic hydroxyl groups is 2. The molecule has 0 fully saturated rings. The Morgan fingerprint density at radius 2 is 1.15 bits per heavy atom. The SMILES string of the molecule is Cc1ccc(N(c2ccc(C=C(c3ccccc3)c3ccccc3)cc2)c2ccc(OCC(O)CO)cc2)cc1. The van der Waals surface area contributed by atoms with E-state index in [0.29, 0.717) is 5.75 Å². The zero-order valence-corrected chi connectivity index (χ0v) is 22.5. The molecule has 0 bridgehead atoms. The highest BCUT2D eigenvalue weighted by atomic mass is 16.5. The number of rotatable bonds is 10. The molecule has 4 heteroatoms. The molecule has 0 radical (unpaired) electrons. The van der Waals surface area contributed by atoms with Crippen LogP contribution in [0.15, 0.2) is 133 Å². The first-order valence-corrected chi connectivity index (χ1v) is 13.4. The summed E-state index contributed by atoms with van der Waals surface area (Å²) < 4.78 is 5.61. The quantitative estimate of drug-likeness (QED) is 0.182. The standard InChI is InChI=1S/C36H33NO3/c1-27-12-16-31(17-13-27)37(33-20-22-35(23-21-33)40-26-34(39)25-38)32-18-14-28(15-19-32)24-36(29-8-4-2-5-9-29)30-10-6-3-7-11-30/h2-24,34,38-39H,25-26H2,1H3. The summed E-state index contributed by atoms with van der Waals surface area (Å²) in [6.45, 7) is 1.79. The van der Waals surface area contributed by atoms with Crippen molar-refractivity contribution in [2.45, 2.75) is 13.0 Å². The highest BCUT2D eigenvalue weighted by molar-refractivity contribution is 5.91. The molecule has 0 aliphatic heterocycles. The van der Waals surface area contributed by atoms with Crippen LogP contribution in [0.4, 0.5) is 17.1 Å². The Labute approximate surface area is 236 Å². The molecule has 5 aromatic rings. The van der Waals surface area contributed by atoms with Crippen LogP contribution in [0.1, 0.15) is 22.3 Å². The van der Waals surface area contributed by atoms with Crippen molar-refractivity contribution >= 4 is 28.7 Å². The second-order valence-electron chi connectivity index (χ2n) is 9.69. The molecule has 0 aliphatic carbocycles. The first-order valence-electron chi connectivity index (χ1n) is 13.4. The molecule has 0 heterocycles. The number of hydrogen-bond acceptors (Lipinski definition) is 4. The molecule has 0 spiro atoms. The van der Waals surface area contributed by atoms with Crippen LogP contribution in [0.2, 0.25) is 0 Å². The van der Waals surface area contributed by atoms with Gasteiger partial charge < -0.3 is 19.8 Å². The van der Waals surface area contributed by atoms with Gasteiger partial charge in [0.1, 0.15) is 18.5 Å². The van der Waals surface area contributed by atoms with Crippen LogP contribution in [0.25, 0.3) is 11.6 Å². The van der Waals surface area contributed by atoms with E-state index in [2.05, 4.69) is 115 Å². The van der Waals surface area contributed by atoms with Crippen molar-refractivity contribution in [1.82, 2.24) is 0 Å². The second kappa shape index (κ2) is 12.9. The predicted octanol–water partition coefficient (Wildman–Crippen LogP) is 7.79. The van der Waals surface area contributed by atoms with Gasteiger partial charge in [0.25, 0.3) is 0 Å². The molecule has 4 nitrogen and oxygen atoms in total. The minimum absolute atomic E-state index is 0.0421. The lowest BCUT2D eigenvalue weighted by Crippen LogP contribution is -2.21. The van der Waals surface area contributed by atoms with Gasteiger partial charge in [0.15, 0.2) is 0 Å². The number of ether oxygens (including phenoxy) is 1. The van der Waals surface area contributed by atoms with Gasteiger partial charge in [0, 0.05) is 17.1 Å². The largest absolute Gasteiger partial charge is 0.491 e. The number of aliphatic hydroxyl groups excluding tert-OH is 2. The number of nitrogens with zero attached hydrogens (tertiary/aromatic N) is 1. The Kier molecular flexibility index (Phi) is 8.72. The maximum absolute atomic E-state index is 9.60. The van der Waals surface area contributed by atoms with Crippen molar-refractivity contribution in [3.63, 3.8) is 0 Å². The van der Waals surface area contributed by atoms with Gasteiger partial charge in [-0.25, -0.2) is 0 Å². The Morgan fingerprint density at radius 3 is 1.65 bits per heavy atom. The van der Waals surface area contributed by atoms with Gasteiger partial charge in [0.2, 0.25) is 0 Å². The van der Waals surface area contributed by atoms with E-state index >= 15 is 0 Å². The molecule has 1 unspecified atom stereocenters. The molecule has 200 valence electrons. The molecule has 0 amide bonds. The maximum Gasteiger partial charge on any atom is 0.119 e. The van der Waals surface area contributed by atoms with Gasteiger partial charge in [-0.2, -0.15) is 0 Å². The lowest BCUT2D eigenvalue weighted by atomic mass is 9.95. The van der Waals surface area contributed by atoms with Crippen LogP contribution >= 0.6 is 0 Å². The zero-order valence-electron chi connectivity index (χ0n) is 22.5. The summed E-state index contributed by atoms with van der Waals surface area (Å²) in [6.07, 6.45) is 1.33. The average molecular weight is 528 g/mol. The van der Waals surface area contributed by atoms with E-state index in [4.69, 9.17) is 9.84 Å². The topological polar surface area (TPSA) is 52.9 Å². The van der Waals surface area contributed by atoms with Gasteiger partial charge in [-0.1, -0.05) is 90.5 Å². The molecule has 0 aliphatic rings. The molecule has 2 N–H and O–H groups in total. The van der Waals surface area contributed by atoms with Gasteiger partial charge in [0.05, 0.1) is 6.61 Å². The summed E-state index contributed by atoms with van der Waals surface area (Å²) in [6, 6.07) is 45.7. The molecule has 1 atom stereocenters.